The lowest BCUT2D eigenvalue weighted by Crippen LogP contribution is -2.02. The van der Waals surface area contributed by atoms with E-state index >= 15 is 0 Å². The zero-order chi connectivity index (χ0) is 11.4. The fourth-order valence-corrected chi connectivity index (χ4v) is 1.72. The minimum atomic E-state index is 0.306. The molecule has 0 radical (unpaired) electrons. The van der Waals surface area contributed by atoms with Gasteiger partial charge in [-0.25, -0.2) is 0 Å². The predicted octanol–water partition coefficient (Wildman–Crippen LogP) is 1.74. The van der Waals surface area contributed by atoms with Crippen molar-refractivity contribution < 1.29 is 5.11 Å². The van der Waals surface area contributed by atoms with Gasteiger partial charge in [0.25, 0.3) is 0 Å². The Balaban J connectivity index is 2.05. The van der Waals surface area contributed by atoms with Crippen molar-refractivity contribution in [2.24, 2.45) is 5.73 Å². The zero-order valence-electron chi connectivity index (χ0n) is 9.13. The van der Waals surface area contributed by atoms with Gasteiger partial charge in [0.2, 0.25) is 0 Å². The molecule has 0 saturated heterocycles. The van der Waals surface area contributed by atoms with Gasteiger partial charge in [-0.05, 0) is 42.3 Å². The van der Waals surface area contributed by atoms with Gasteiger partial charge < -0.3 is 15.4 Å². The summed E-state index contributed by atoms with van der Waals surface area (Å²) in [6.45, 7) is 1.51. The van der Waals surface area contributed by atoms with Crippen LogP contribution in [0.1, 0.15) is 11.1 Å². The monoisotopic (exact) mass is 216 g/mol. The van der Waals surface area contributed by atoms with Gasteiger partial charge in [0, 0.05) is 18.9 Å². The number of nitrogens with two attached hydrogens (primary N) is 1. The van der Waals surface area contributed by atoms with Gasteiger partial charge in [-0.1, -0.05) is 12.1 Å². The van der Waals surface area contributed by atoms with Crippen molar-refractivity contribution in [3.63, 3.8) is 0 Å². The number of aromatic hydroxyl groups is 1. The third kappa shape index (κ3) is 2.64. The number of rotatable bonds is 4. The Hall–Kier alpha value is -1.74. The number of phenolic OH excluding ortho intramolecular Hbond substituents is 1. The Kier molecular flexibility index (Phi) is 3.27. The number of nitrogens with zero attached hydrogens (tertiary/aromatic N) is 1. The average molecular weight is 216 g/mol. The van der Waals surface area contributed by atoms with Crippen molar-refractivity contribution in [1.29, 1.82) is 0 Å². The summed E-state index contributed by atoms with van der Waals surface area (Å²) < 4.78 is 2.12. The summed E-state index contributed by atoms with van der Waals surface area (Å²) in [7, 11) is 0. The third-order valence-corrected chi connectivity index (χ3v) is 2.55. The first kappa shape index (κ1) is 10.8. The molecule has 1 aromatic carbocycles. The number of phenols is 1. The van der Waals surface area contributed by atoms with E-state index in [2.05, 4.69) is 23.0 Å². The Bertz CT molecular complexity index is 445. The van der Waals surface area contributed by atoms with Gasteiger partial charge in [-0.15, -0.1) is 0 Å². The molecular weight excluding hydrogens is 200 g/mol. The summed E-state index contributed by atoms with van der Waals surface area (Å²) >= 11 is 0. The highest BCUT2D eigenvalue weighted by Gasteiger charge is 1.98. The molecule has 3 N–H and O–H groups in total. The largest absolute Gasteiger partial charge is 0.508 e. The van der Waals surface area contributed by atoms with Crippen LogP contribution in [-0.2, 0) is 13.0 Å². The summed E-state index contributed by atoms with van der Waals surface area (Å²) in [6.07, 6.45) is 5.08. The van der Waals surface area contributed by atoms with Crippen LogP contribution >= 0.6 is 0 Å². The quantitative estimate of drug-likeness (QED) is 0.818. The van der Waals surface area contributed by atoms with Crippen LogP contribution in [0.15, 0.2) is 42.7 Å². The molecule has 0 bridgehead atoms. The second-order valence-corrected chi connectivity index (χ2v) is 3.90. The second-order valence-electron chi connectivity index (χ2n) is 3.90. The molecule has 0 aliphatic heterocycles. The first-order valence-electron chi connectivity index (χ1n) is 5.40. The van der Waals surface area contributed by atoms with E-state index in [0.717, 1.165) is 13.0 Å². The summed E-state index contributed by atoms with van der Waals surface area (Å²) in [5.41, 5.74) is 7.94. The summed E-state index contributed by atoms with van der Waals surface area (Å²) in [5, 5.41) is 9.18. The first-order valence-corrected chi connectivity index (χ1v) is 5.40. The Morgan fingerprint density at radius 1 is 1.06 bits per heavy atom. The van der Waals surface area contributed by atoms with E-state index in [0.29, 0.717) is 12.3 Å². The summed E-state index contributed by atoms with van der Waals surface area (Å²) in [5.74, 6) is 0.306. The fourth-order valence-electron chi connectivity index (χ4n) is 1.72. The first-order chi connectivity index (χ1) is 7.78. The molecule has 0 unspecified atom stereocenters. The van der Waals surface area contributed by atoms with Crippen LogP contribution in [0, 0.1) is 0 Å². The molecule has 3 heteroatoms. The van der Waals surface area contributed by atoms with Crippen LogP contribution in [0.25, 0.3) is 0 Å². The summed E-state index contributed by atoms with van der Waals surface area (Å²) in [6, 6.07) is 9.36. The molecule has 1 heterocycles. The van der Waals surface area contributed by atoms with Gasteiger partial charge in [0.1, 0.15) is 5.75 Å². The molecule has 3 nitrogen and oxygen atoms in total. The van der Waals surface area contributed by atoms with Crippen LogP contribution in [-0.4, -0.2) is 16.2 Å². The van der Waals surface area contributed by atoms with Crippen LogP contribution in [0.2, 0.25) is 0 Å². The lowest BCUT2D eigenvalue weighted by molar-refractivity contribution is 0.475. The molecule has 2 rings (SSSR count). The minimum absolute atomic E-state index is 0.306. The molecule has 2 aromatic rings. The molecule has 16 heavy (non-hydrogen) atoms. The normalized spacial score (nSPS) is 10.6. The summed E-state index contributed by atoms with van der Waals surface area (Å²) in [4.78, 5) is 0. The Morgan fingerprint density at radius 2 is 1.81 bits per heavy atom. The maximum absolute atomic E-state index is 9.18. The van der Waals surface area contributed by atoms with Crippen LogP contribution in [0.5, 0.6) is 5.75 Å². The van der Waals surface area contributed by atoms with Crippen LogP contribution < -0.4 is 5.73 Å². The molecule has 1 aromatic heterocycles. The maximum atomic E-state index is 9.18. The molecule has 0 atom stereocenters. The zero-order valence-corrected chi connectivity index (χ0v) is 9.13. The maximum Gasteiger partial charge on any atom is 0.115 e. The SMILES string of the molecule is NCCc1ccn(Cc2ccc(O)cc2)c1. The van der Waals surface area contributed by atoms with Crippen molar-refractivity contribution in [2.45, 2.75) is 13.0 Å². The van der Waals surface area contributed by atoms with Gasteiger partial charge >= 0.3 is 0 Å². The second kappa shape index (κ2) is 4.86. The van der Waals surface area contributed by atoms with E-state index in [1.165, 1.54) is 11.1 Å². The molecule has 0 amide bonds. The minimum Gasteiger partial charge on any atom is -0.508 e. The molecule has 0 aliphatic rings. The molecular formula is C13H16N2O. The smallest absolute Gasteiger partial charge is 0.115 e. The molecule has 0 saturated carbocycles. The van der Waals surface area contributed by atoms with Crippen molar-refractivity contribution in [2.75, 3.05) is 6.54 Å². The third-order valence-electron chi connectivity index (χ3n) is 2.55. The Labute approximate surface area is 95.1 Å². The lowest BCUT2D eigenvalue weighted by Gasteiger charge is -2.03. The van der Waals surface area contributed by atoms with Crippen molar-refractivity contribution in [1.82, 2.24) is 4.57 Å². The molecule has 84 valence electrons. The number of hydrogen-bond acceptors (Lipinski definition) is 2. The van der Waals surface area contributed by atoms with Crippen molar-refractivity contribution in [3.05, 3.63) is 53.9 Å². The predicted molar refractivity (Wildman–Crippen MR) is 64.4 cm³/mol. The number of benzene rings is 1. The van der Waals surface area contributed by atoms with E-state index < -0.39 is 0 Å². The standard InChI is InChI=1S/C13H16N2O/c14-7-5-12-6-8-15(10-12)9-11-1-3-13(16)4-2-11/h1-4,6,8,10,16H,5,7,9,14H2. The van der Waals surface area contributed by atoms with E-state index in [1.54, 1.807) is 12.1 Å². The van der Waals surface area contributed by atoms with Gasteiger partial charge in [0.05, 0.1) is 0 Å². The van der Waals surface area contributed by atoms with E-state index in [9.17, 15) is 5.11 Å². The number of hydrogen-bond donors (Lipinski definition) is 2. The van der Waals surface area contributed by atoms with Crippen molar-refractivity contribution >= 4 is 0 Å². The molecule has 0 spiro atoms. The highest BCUT2D eigenvalue weighted by molar-refractivity contribution is 5.26. The van der Waals surface area contributed by atoms with Gasteiger partial charge in [0.15, 0.2) is 0 Å². The average Bonchev–Trinajstić information content (AvgIpc) is 2.70. The van der Waals surface area contributed by atoms with E-state index in [4.69, 9.17) is 5.73 Å². The fraction of sp³-hybridized carbons (Fsp3) is 0.231. The molecule has 0 fully saturated rings. The topological polar surface area (TPSA) is 51.2 Å². The van der Waals surface area contributed by atoms with E-state index in [1.807, 2.05) is 12.1 Å². The van der Waals surface area contributed by atoms with Gasteiger partial charge in [-0.2, -0.15) is 0 Å². The van der Waals surface area contributed by atoms with Crippen LogP contribution in [0.4, 0.5) is 0 Å². The van der Waals surface area contributed by atoms with Crippen molar-refractivity contribution in [3.8, 4) is 5.75 Å². The van der Waals surface area contributed by atoms with Crippen LogP contribution in [0.3, 0.4) is 0 Å². The highest BCUT2D eigenvalue weighted by atomic mass is 16.3. The lowest BCUT2D eigenvalue weighted by atomic mass is 10.2. The molecule has 0 aliphatic carbocycles. The Morgan fingerprint density at radius 3 is 2.50 bits per heavy atom. The van der Waals surface area contributed by atoms with E-state index in [-0.39, 0.29) is 0 Å². The van der Waals surface area contributed by atoms with Gasteiger partial charge in [-0.3, -0.25) is 0 Å². The highest BCUT2D eigenvalue weighted by Crippen LogP contribution is 2.11. The number of aromatic nitrogens is 1.